The van der Waals surface area contributed by atoms with E-state index in [4.69, 9.17) is 5.11 Å². The van der Waals surface area contributed by atoms with Crippen molar-refractivity contribution >= 4 is 10.0 Å². The van der Waals surface area contributed by atoms with Crippen LogP contribution in [0.5, 0.6) is 0 Å². The maximum absolute atomic E-state index is 13.9. The van der Waals surface area contributed by atoms with Gasteiger partial charge in [0.05, 0.1) is 12.2 Å². The summed E-state index contributed by atoms with van der Waals surface area (Å²) in [4.78, 5) is -0.638. The number of halogens is 2. The van der Waals surface area contributed by atoms with E-state index in [0.717, 1.165) is 12.5 Å². The Morgan fingerprint density at radius 3 is 2.62 bits per heavy atom. The van der Waals surface area contributed by atoms with E-state index < -0.39 is 26.6 Å². The summed E-state index contributed by atoms with van der Waals surface area (Å²) in [6.07, 6.45) is 2.41. The van der Waals surface area contributed by atoms with Crippen molar-refractivity contribution in [3.05, 3.63) is 29.3 Å². The molecule has 1 saturated carbocycles. The highest BCUT2D eigenvalue weighted by Crippen LogP contribution is 2.25. The fourth-order valence-corrected chi connectivity index (χ4v) is 3.45. The van der Waals surface area contributed by atoms with Gasteiger partial charge in [-0.05, 0) is 18.9 Å². The molecular formula is C14H15F2NO3S. The Balaban J connectivity index is 2.43. The van der Waals surface area contributed by atoms with Crippen LogP contribution in [0.3, 0.4) is 0 Å². The summed E-state index contributed by atoms with van der Waals surface area (Å²) in [5.41, 5.74) is -0.243. The van der Waals surface area contributed by atoms with E-state index >= 15 is 0 Å². The van der Waals surface area contributed by atoms with Crippen molar-refractivity contribution in [1.82, 2.24) is 4.72 Å². The van der Waals surface area contributed by atoms with Gasteiger partial charge in [0, 0.05) is 18.5 Å². The van der Waals surface area contributed by atoms with Gasteiger partial charge >= 0.3 is 0 Å². The van der Waals surface area contributed by atoms with Gasteiger partial charge < -0.3 is 5.11 Å². The summed E-state index contributed by atoms with van der Waals surface area (Å²) < 4.78 is 54.0. The molecule has 1 aromatic rings. The van der Waals surface area contributed by atoms with Gasteiger partial charge in [-0.1, -0.05) is 18.3 Å². The van der Waals surface area contributed by atoms with Gasteiger partial charge in [0.15, 0.2) is 0 Å². The van der Waals surface area contributed by atoms with Crippen LogP contribution in [0.1, 0.15) is 31.2 Å². The van der Waals surface area contributed by atoms with Crippen molar-refractivity contribution in [1.29, 1.82) is 0 Å². The Hall–Kier alpha value is -1.49. The Morgan fingerprint density at radius 1 is 1.33 bits per heavy atom. The standard InChI is InChI=1S/C14H15F2NO3S/c15-11-8-10(4-1-2-7-18)14(13(16)9-11)21(19,20)17-12-5-3-6-12/h8-9,12,17-18H,2-3,5-7H2. The van der Waals surface area contributed by atoms with Crippen LogP contribution >= 0.6 is 0 Å². The van der Waals surface area contributed by atoms with E-state index in [-0.39, 0.29) is 24.6 Å². The number of aliphatic hydroxyl groups excluding tert-OH is 1. The molecular weight excluding hydrogens is 300 g/mol. The number of hydrogen-bond acceptors (Lipinski definition) is 3. The Morgan fingerprint density at radius 2 is 2.05 bits per heavy atom. The number of hydrogen-bond donors (Lipinski definition) is 2. The first-order valence-corrected chi connectivity index (χ1v) is 8.03. The van der Waals surface area contributed by atoms with Crippen LogP contribution in [-0.4, -0.2) is 26.2 Å². The molecule has 0 heterocycles. The molecule has 4 nitrogen and oxygen atoms in total. The molecule has 0 aliphatic heterocycles. The predicted octanol–water partition coefficient (Wildman–Crippen LogP) is 1.53. The molecule has 7 heteroatoms. The zero-order chi connectivity index (χ0) is 15.5. The van der Waals surface area contributed by atoms with Crippen molar-refractivity contribution in [3.63, 3.8) is 0 Å². The summed E-state index contributed by atoms with van der Waals surface area (Å²) in [7, 11) is -4.09. The van der Waals surface area contributed by atoms with E-state index in [1.54, 1.807) is 0 Å². The molecule has 0 radical (unpaired) electrons. The molecule has 1 aromatic carbocycles. The molecule has 1 aliphatic carbocycles. The zero-order valence-corrected chi connectivity index (χ0v) is 12.0. The second-order valence-corrected chi connectivity index (χ2v) is 6.44. The Labute approximate surface area is 122 Å². The second-order valence-electron chi connectivity index (χ2n) is 4.79. The van der Waals surface area contributed by atoms with Crippen molar-refractivity contribution < 1.29 is 22.3 Å². The minimum absolute atomic E-state index is 0.0909. The lowest BCUT2D eigenvalue weighted by atomic mass is 9.94. The Bertz CT molecular complexity index is 688. The van der Waals surface area contributed by atoms with Gasteiger partial charge in [-0.15, -0.1) is 0 Å². The lowest BCUT2D eigenvalue weighted by Gasteiger charge is -2.26. The third-order valence-corrected chi connectivity index (χ3v) is 4.76. The summed E-state index contributed by atoms with van der Waals surface area (Å²) in [6, 6.07) is 1.19. The highest BCUT2D eigenvalue weighted by molar-refractivity contribution is 7.89. The normalized spacial score (nSPS) is 15.2. The van der Waals surface area contributed by atoms with Crippen LogP contribution < -0.4 is 4.72 Å². The predicted molar refractivity (Wildman–Crippen MR) is 72.9 cm³/mol. The van der Waals surface area contributed by atoms with Gasteiger partial charge in [0.25, 0.3) is 0 Å². The fourth-order valence-electron chi connectivity index (χ4n) is 1.94. The highest BCUT2D eigenvalue weighted by atomic mass is 32.2. The lowest BCUT2D eigenvalue weighted by molar-refractivity contribution is 0.305. The summed E-state index contributed by atoms with van der Waals surface area (Å²) in [5.74, 6) is 2.81. The van der Waals surface area contributed by atoms with Crippen LogP contribution in [0, 0.1) is 23.5 Å². The van der Waals surface area contributed by atoms with Crippen LogP contribution in [0.15, 0.2) is 17.0 Å². The van der Waals surface area contributed by atoms with E-state index in [0.29, 0.717) is 18.9 Å². The maximum atomic E-state index is 13.9. The van der Waals surface area contributed by atoms with Gasteiger partial charge in [-0.25, -0.2) is 21.9 Å². The minimum atomic E-state index is -4.09. The second kappa shape index (κ2) is 6.52. The van der Waals surface area contributed by atoms with Crippen LogP contribution in [0.2, 0.25) is 0 Å². The van der Waals surface area contributed by atoms with E-state index in [9.17, 15) is 17.2 Å². The van der Waals surface area contributed by atoms with Crippen molar-refractivity contribution in [2.24, 2.45) is 0 Å². The monoisotopic (exact) mass is 315 g/mol. The molecule has 0 unspecified atom stereocenters. The lowest BCUT2D eigenvalue weighted by Crippen LogP contribution is -2.40. The molecule has 0 spiro atoms. The quantitative estimate of drug-likeness (QED) is 0.828. The molecule has 1 fully saturated rings. The summed E-state index contributed by atoms with van der Waals surface area (Å²) in [5, 5.41) is 8.66. The molecule has 0 bridgehead atoms. The molecule has 21 heavy (non-hydrogen) atoms. The molecule has 2 N–H and O–H groups in total. The van der Waals surface area contributed by atoms with E-state index in [1.165, 1.54) is 0 Å². The third kappa shape index (κ3) is 3.79. The molecule has 0 amide bonds. The largest absolute Gasteiger partial charge is 0.395 e. The average molecular weight is 315 g/mol. The van der Waals surface area contributed by atoms with Crippen LogP contribution in [0.25, 0.3) is 0 Å². The number of sulfonamides is 1. The molecule has 0 atom stereocenters. The number of aliphatic hydroxyl groups is 1. The number of benzene rings is 1. The third-order valence-electron chi connectivity index (χ3n) is 3.16. The van der Waals surface area contributed by atoms with Gasteiger partial charge in [-0.2, -0.15) is 0 Å². The average Bonchev–Trinajstić information content (AvgIpc) is 2.33. The highest BCUT2D eigenvalue weighted by Gasteiger charge is 2.29. The molecule has 2 rings (SSSR count). The van der Waals surface area contributed by atoms with Gasteiger partial charge in [0.1, 0.15) is 16.5 Å². The maximum Gasteiger partial charge on any atom is 0.244 e. The zero-order valence-electron chi connectivity index (χ0n) is 11.2. The first kappa shape index (κ1) is 15.9. The molecule has 114 valence electrons. The molecule has 1 aliphatic rings. The van der Waals surface area contributed by atoms with Gasteiger partial charge in [-0.3, -0.25) is 0 Å². The van der Waals surface area contributed by atoms with Crippen molar-refractivity contribution in [2.75, 3.05) is 6.61 Å². The smallest absolute Gasteiger partial charge is 0.244 e. The van der Waals surface area contributed by atoms with Crippen LogP contribution in [-0.2, 0) is 10.0 Å². The van der Waals surface area contributed by atoms with Crippen molar-refractivity contribution in [2.45, 2.75) is 36.6 Å². The van der Waals surface area contributed by atoms with Gasteiger partial charge in [0.2, 0.25) is 10.0 Å². The number of rotatable bonds is 4. The number of nitrogens with one attached hydrogen (secondary N) is 1. The summed E-state index contributed by atoms with van der Waals surface area (Å²) >= 11 is 0. The fraction of sp³-hybridized carbons (Fsp3) is 0.429. The minimum Gasteiger partial charge on any atom is -0.395 e. The molecule has 0 aromatic heterocycles. The summed E-state index contributed by atoms with van der Waals surface area (Å²) in [6.45, 7) is -0.215. The van der Waals surface area contributed by atoms with E-state index in [2.05, 4.69) is 16.6 Å². The molecule has 0 saturated heterocycles. The first-order chi connectivity index (χ1) is 9.94. The van der Waals surface area contributed by atoms with E-state index in [1.807, 2.05) is 0 Å². The first-order valence-electron chi connectivity index (χ1n) is 6.55. The topological polar surface area (TPSA) is 66.4 Å². The van der Waals surface area contributed by atoms with Crippen LogP contribution in [0.4, 0.5) is 8.78 Å². The SMILES string of the molecule is O=S(=O)(NC1CCC1)c1c(F)cc(F)cc1C#CCCO. The Kier molecular flexibility index (Phi) is 4.93. The van der Waals surface area contributed by atoms with Crippen molar-refractivity contribution in [3.8, 4) is 11.8 Å².